The molecule has 3 rings (SSSR count). The minimum absolute atomic E-state index is 0.184. The Morgan fingerprint density at radius 1 is 0.935 bits per heavy atom. The number of benzene rings is 2. The molecular formula is C23H27N3O5. The molecule has 0 bridgehead atoms. The van der Waals surface area contributed by atoms with Gasteiger partial charge in [-0.05, 0) is 17.7 Å². The molecule has 1 heterocycles. The van der Waals surface area contributed by atoms with Gasteiger partial charge in [0.15, 0.2) is 6.61 Å². The molecule has 0 saturated carbocycles. The number of amides is 2. The van der Waals surface area contributed by atoms with Crippen molar-refractivity contribution in [2.24, 2.45) is 0 Å². The number of anilines is 1. The van der Waals surface area contributed by atoms with E-state index in [1.54, 1.807) is 12.0 Å². The van der Waals surface area contributed by atoms with Crippen LogP contribution in [0.25, 0.3) is 0 Å². The Bertz CT molecular complexity index is 895. The van der Waals surface area contributed by atoms with Gasteiger partial charge < -0.3 is 24.6 Å². The molecular weight excluding hydrogens is 398 g/mol. The first kappa shape index (κ1) is 22.1. The second-order valence-electron chi connectivity index (χ2n) is 7.14. The van der Waals surface area contributed by atoms with Crippen LogP contribution in [0.5, 0.6) is 5.75 Å². The van der Waals surface area contributed by atoms with Gasteiger partial charge in [-0.2, -0.15) is 0 Å². The highest BCUT2D eigenvalue weighted by atomic mass is 16.5. The zero-order valence-electron chi connectivity index (χ0n) is 17.6. The average Bonchev–Trinajstić information content (AvgIpc) is 2.82. The molecule has 2 aromatic rings. The number of ether oxygens (including phenoxy) is 2. The number of methoxy groups -OCH3 is 1. The largest absolute Gasteiger partial charge is 0.495 e. The standard InChI is InChI=1S/C23H27N3O5/c1-30-20-10-6-5-9-19(20)25-11-13-26(14-12-25)22(28)17-31-23(29)16-24-21(27)15-18-7-3-2-4-8-18/h2-10H,11-17H2,1H3,(H,24,27). The third-order valence-electron chi connectivity index (χ3n) is 5.05. The number of nitrogens with one attached hydrogen (secondary N) is 1. The number of rotatable bonds is 8. The second kappa shape index (κ2) is 11.0. The number of hydrogen-bond donors (Lipinski definition) is 1. The normalized spacial score (nSPS) is 13.5. The zero-order valence-corrected chi connectivity index (χ0v) is 17.6. The van der Waals surface area contributed by atoms with Crippen molar-refractivity contribution in [3.05, 3.63) is 60.2 Å². The summed E-state index contributed by atoms with van der Waals surface area (Å²) in [5, 5.41) is 2.51. The quantitative estimate of drug-likeness (QED) is 0.641. The fourth-order valence-electron chi connectivity index (χ4n) is 3.39. The van der Waals surface area contributed by atoms with E-state index in [1.807, 2.05) is 54.6 Å². The Morgan fingerprint density at radius 2 is 1.61 bits per heavy atom. The van der Waals surface area contributed by atoms with Crippen LogP contribution in [0.2, 0.25) is 0 Å². The first-order valence-corrected chi connectivity index (χ1v) is 10.2. The van der Waals surface area contributed by atoms with Crippen LogP contribution in [-0.2, 0) is 25.5 Å². The van der Waals surface area contributed by atoms with E-state index in [4.69, 9.17) is 9.47 Å². The van der Waals surface area contributed by atoms with E-state index in [0.29, 0.717) is 26.2 Å². The van der Waals surface area contributed by atoms with Crippen molar-refractivity contribution in [1.82, 2.24) is 10.2 Å². The molecule has 2 aromatic carbocycles. The lowest BCUT2D eigenvalue weighted by Gasteiger charge is -2.36. The molecule has 8 nitrogen and oxygen atoms in total. The number of hydrogen-bond acceptors (Lipinski definition) is 6. The maximum absolute atomic E-state index is 12.4. The predicted octanol–water partition coefficient (Wildman–Crippen LogP) is 1.25. The van der Waals surface area contributed by atoms with E-state index in [9.17, 15) is 14.4 Å². The van der Waals surface area contributed by atoms with Crippen molar-refractivity contribution in [1.29, 1.82) is 0 Å². The molecule has 8 heteroatoms. The number of esters is 1. The first-order valence-electron chi connectivity index (χ1n) is 10.2. The van der Waals surface area contributed by atoms with E-state index in [1.165, 1.54) is 0 Å². The molecule has 1 fully saturated rings. The third kappa shape index (κ3) is 6.47. The van der Waals surface area contributed by atoms with Crippen LogP contribution >= 0.6 is 0 Å². The summed E-state index contributed by atoms with van der Waals surface area (Å²) in [6.07, 6.45) is 0.184. The summed E-state index contributed by atoms with van der Waals surface area (Å²) in [4.78, 5) is 40.0. The van der Waals surface area contributed by atoms with Crippen LogP contribution in [0.1, 0.15) is 5.56 Å². The van der Waals surface area contributed by atoms with Gasteiger partial charge >= 0.3 is 5.97 Å². The molecule has 0 unspecified atom stereocenters. The summed E-state index contributed by atoms with van der Waals surface area (Å²) in [7, 11) is 1.64. The molecule has 1 aliphatic heterocycles. The Morgan fingerprint density at radius 3 is 2.32 bits per heavy atom. The van der Waals surface area contributed by atoms with Gasteiger partial charge in [0.25, 0.3) is 5.91 Å². The highest BCUT2D eigenvalue weighted by Gasteiger charge is 2.23. The summed E-state index contributed by atoms with van der Waals surface area (Å²) in [6, 6.07) is 17.0. The van der Waals surface area contributed by atoms with E-state index < -0.39 is 5.97 Å². The summed E-state index contributed by atoms with van der Waals surface area (Å²) < 4.78 is 10.4. The van der Waals surface area contributed by atoms with Crippen LogP contribution in [-0.4, -0.2) is 69.1 Å². The number of carbonyl (C=O) groups excluding carboxylic acids is 3. The molecule has 1 N–H and O–H groups in total. The van der Waals surface area contributed by atoms with Crippen LogP contribution in [0.3, 0.4) is 0 Å². The minimum Gasteiger partial charge on any atom is -0.495 e. The van der Waals surface area contributed by atoms with Crippen LogP contribution in [0.4, 0.5) is 5.69 Å². The number of carbonyl (C=O) groups is 3. The number of piperazine rings is 1. The zero-order chi connectivity index (χ0) is 22.1. The highest BCUT2D eigenvalue weighted by Crippen LogP contribution is 2.28. The fourth-order valence-corrected chi connectivity index (χ4v) is 3.39. The maximum Gasteiger partial charge on any atom is 0.325 e. The van der Waals surface area contributed by atoms with Gasteiger partial charge in [0.2, 0.25) is 5.91 Å². The van der Waals surface area contributed by atoms with Crippen molar-refractivity contribution >= 4 is 23.5 Å². The third-order valence-corrected chi connectivity index (χ3v) is 5.05. The van der Waals surface area contributed by atoms with Crippen molar-refractivity contribution in [2.75, 3.05) is 51.3 Å². The fraction of sp³-hybridized carbons (Fsp3) is 0.348. The maximum atomic E-state index is 12.4. The Balaban J connectivity index is 1.36. The van der Waals surface area contributed by atoms with Crippen LogP contribution in [0.15, 0.2) is 54.6 Å². The van der Waals surface area contributed by atoms with E-state index >= 15 is 0 Å². The molecule has 0 radical (unpaired) electrons. The van der Waals surface area contributed by atoms with Gasteiger partial charge in [-0.15, -0.1) is 0 Å². The minimum atomic E-state index is -0.637. The summed E-state index contributed by atoms with van der Waals surface area (Å²) in [5.41, 5.74) is 1.85. The molecule has 0 spiro atoms. The Kier molecular flexibility index (Phi) is 7.86. The van der Waals surface area contributed by atoms with E-state index in [-0.39, 0.29) is 31.4 Å². The molecule has 31 heavy (non-hydrogen) atoms. The van der Waals surface area contributed by atoms with Crippen molar-refractivity contribution in [2.45, 2.75) is 6.42 Å². The Labute approximate surface area is 181 Å². The predicted molar refractivity (Wildman–Crippen MR) is 116 cm³/mol. The van der Waals surface area contributed by atoms with Gasteiger partial charge in [0.1, 0.15) is 12.3 Å². The second-order valence-corrected chi connectivity index (χ2v) is 7.14. The SMILES string of the molecule is COc1ccccc1N1CCN(C(=O)COC(=O)CNC(=O)Cc2ccccc2)CC1. The van der Waals surface area contributed by atoms with Gasteiger partial charge in [0.05, 0.1) is 19.2 Å². The smallest absolute Gasteiger partial charge is 0.325 e. The van der Waals surface area contributed by atoms with E-state index in [2.05, 4.69) is 10.2 Å². The van der Waals surface area contributed by atoms with Crippen LogP contribution < -0.4 is 15.0 Å². The molecule has 1 aliphatic rings. The van der Waals surface area contributed by atoms with Gasteiger partial charge in [-0.25, -0.2) is 0 Å². The first-order chi connectivity index (χ1) is 15.1. The summed E-state index contributed by atoms with van der Waals surface area (Å²) in [5.74, 6) is -0.362. The lowest BCUT2D eigenvalue weighted by atomic mass is 10.1. The highest BCUT2D eigenvalue weighted by molar-refractivity contribution is 5.85. The van der Waals surface area contributed by atoms with Crippen molar-refractivity contribution < 1.29 is 23.9 Å². The number of para-hydroxylation sites is 2. The van der Waals surface area contributed by atoms with Gasteiger partial charge in [-0.3, -0.25) is 14.4 Å². The molecule has 0 aliphatic carbocycles. The molecule has 0 atom stereocenters. The lowest BCUT2D eigenvalue weighted by molar-refractivity contribution is -0.151. The molecule has 0 aromatic heterocycles. The van der Waals surface area contributed by atoms with Crippen molar-refractivity contribution in [3.63, 3.8) is 0 Å². The number of nitrogens with zero attached hydrogens (tertiary/aromatic N) is 2. The van der Waals surface area contributed by atoms with Gasteiger partial charge in [-0.1, -0.05) is 42.5 Å². The molecule has 164 valence electrons. The average molecular weight is 425 g/mol. The summed E-state index contributed by atoms with van der Waals surface area (Å²) >= 11 is 0. The van der Waals surface area contributed by atoms with Gasteiger partial charge in [0, 0.05) is 26.2 Å². The topological polar surface area (TPSA) is 88.2 Å². The van der Waals surface area contributed by atoms with Crippen molar-refractivity contribution in [3.8, 4) is 5.75 Å². The Hall–Kier alpha value is -3.55. The molecule has 2 amide bonds. The summed E-state index contributed by atoms with van der Waals surface area (Å²) in [6.45, 7) is 1.79. The van der Waals surface area contributed by atoms with Crippen LogP contribution in [0, 0.1) is 0 Å². The van der Waals surface area contributed by atoms with E-state index in [0.717, 1.165) is 17.0 Å². The lowest BCUT2D eigenvalue weighted by Crippen LogP contribution is -2.50. The monoisotopic (exact) mass is 425 g/mol. The molecule has 1 saturated heterocycles.